The summed E-state index contributed by atoms with van der Waals surface area (Å²) in [4.78, 5) is 0. The number of nitrogens with zero attached hydrogens (tertiary/aromatic N) is 1. The molecule has 3 rings (SSSR count). The van der Waals surface area contributed by atoms with Gasteiger partial charge in [-0.2, -0.15) is 0 Å². The number of halogens is 2. The third kappa shape index (κ3) is 4.12. The Morgan fingerprint density at radius 3 is 2.64 bits per heavy atom. The summed E-state index contributed by atoms with van der Waals surface area (Å²) in [6.07, 6.45) is 3.19. The largest absolute Gasteiger partial charge is 0.497 e. The number of likely N-dealkylation sites (N-methyl/N-ethyl adjacent to an activating group) is 1. The predicted octanol–water partition coefficient (Wildman–Crippen LogP) is 5.16. The van der Waals surface area contributed by atoms with Crippen molar-refractivity contribution in [2.24, 2.45) is 0 Å². The Morgan fingerprint density at radius 1 is 1.08 bits per heavy atom. The fourth-order valence-corrected chi connectivity index (χ4v) is 3.51. The Labute approximate surface area is 158 Å². The van der Waals surface area contributed by atoms with Gasteiger partial charge in [-0.25, -0.2) is 0 Å². The van der Waals surface area contributed by atoms with Gasteiger partial charge in [-0.15, -0.1) is 0 Å². The lowest BCUT2D eigenvalue weighted by Gasteiger charge is -2.08. The van der Waals surface area contributed by atoms with E-state index in [2.05, 4.69) is 35.1 Å². The highest BCUT2D eigenvalue weighted by atomic mass is 35.5. The molecule has 1 N–H and O–H groups in total. The maximum Gasteiger partial charge on any atom is 0.119 e. The summed E-state index contributed by atoms with van der Waals surface area (Å²) in [6.45, 7) is 4.76. The molecular weight excluding hydrogens is 355 g/mol. The van der Waals surface area contributed by atoms with Crippen LogP contribution in [0.3, 0.4) is 0 Å². The van der Waals surface area contributed by atoms with Gasteiger partial charge in [-0.3, -0.25) is 0 Å². The molecule has 25 heavy (non-hydrogen) atoms. The first-order valence-electron chi connectivity index (χ1n) is 8.42. The molecule has 3 aromatic rings. The van der Waals surface area contributed by atoms with E-state index in [0.29, 0.717) is 16.6 Å². The Bertz CT molecular complexity index is 874. The molecule has 2 aromatic carbocycles. The molecule has 132 valence electrons. The van der Waals surface area contributed by atoms with E-state index in [4.69, 9.17) is 27.9 Å². The van der Waals surface area contributed by atoms with Crippen molar-refractivity contribution in [2.75, 3.05) is 20.2 Å². The molecule has 0 bridgehead atoms. The number of nitrogens with one attached hydrogen (secondary N) is 1. The molecule has 0 radical (unpaired) electrons. The number of fused-ring (bicyclic) bond motifs is 1. The molecule has 0 saturated carbocycles. The van der Waals surface area contributed by atoms with Crippen LogP contribution in [0.1, 0.15) is 18.1 Å². The van der Waals surface area contributed by atoms with Crippen LogP contribution in [0.5, 0.6) is 5.75 Å². The lowest BCUT2D eigenvalue weighted by molar-refractivity contribution is 0.415. The van der Waals surface area contributed by atoms with Crippen LogP contribution in [0.4, 0.5) is 0 Å². The average molecular weight is 377 g/mol. The lowest BCUT2D eigenvalue weighted by Crippen LogP contribution is -2.15. The molecule has 5 heteroatoms. The summed E-state index contributed by atoms with van der Waals surface area (Å²) in [7, 11) is 1.70. The third-order valence-corrected chi connectivity index (χ3v) is 4.93. The van der Waals surface area contributed by atoms with Crippen LogP contribution in [0.2, 0.25) is 10.0 Å². The number of ether oxygens (including phenoxy) is 1. The topological polar surface area (TPSA) is 26.2 Å². The van der Waals surface area contributed by atoms with Crippen LogP contribution >= 0.6 is 23.2 Å². The van der Waals surface area contributed by atoms with Gasteiger partial charge in [0.1, 0.15) is 5.75 Å². The summed E-state index contributed by atoms with van der Waals surface area (Å²) in [5.74, 6) is 0.875. The SMILES string of the molecule is CCNCCc1cn(Cc2ccc(Cl)cc2Cl)c2ccc(OC)cc12. The van der Waals surface area contributed by atoms with Crippen molar-refractivity contribution in [1.82, 2.24) is 9.88 Å². The van der Waals surface area contributed by atoms with Gasteiger partial charge in [0.15, 0.2) is 0 Å². The summed E-state index contributed by atoms with van der Waals surface area (Å²) < 4.78 is 7.64. The van der Waals surface area contributed by atoms with Gasteiger partial charge < -0.3 is 14.6 Å². The highest BCUT2D eigenvalue weighted by molar-refractivity contribution is 6.35. The maximum atomic E-state index is 6.36. The molecule has 0 unspecified atom stereocenters. The zero-order chi connectivity index (χ0) is 17.8. The van der Waals surface area contributed by atoms with E-state index >= 15 is 0 Å². The number of hydrogen-bond donors (Lipinski definition) is 1. The van der Waals surface area contributed by atoms with Gasteiger partial charge in [0.25, 0.3) is 0 Å². The zero-order valence-corrected chi connectivity index (χ0v) is 16.0. The number of rotatable bonds is 7. The summed E-state index contributed by atoms with van der Waals surface area (Å²) in [6, 6.07) is 11.9. The van der Waals surface area contributed by atoms with Gasteiger partial charge in [-0.05, 0) is 61.0 Å². The predicted molar refractivity (Wildman–Crippen MR) is 106 cm³/mol. The quantitative estimate of drug-likeness (QED) is 0.576. The highest BCUT2D eigenvalue weighted by Gasteiger charge is 2.11. The molecular formula is C20H22Cl2N2O. The molecule has 1 aromatic heterocycles. The molecule has 1 heterocycles. The smallest absolute Gasteiger partial charge is 0.119 e. The minimum atomic E-state index is 0.655. The molecule has 0 aliphatic heterocycles. The van der Waals surface area contributed by atoms with Gasteiger partial charge in [0.05, 0.1) is 7.11 Å². The second-order valence-corrected chi connectivity index (χ2v) is 6.85. The van der Waals surface area contributed by atoms with Crippen LogP contribution in [-0.2, 0) is 13.0 Å². The monoisotopic (exact) mass is 376 g/mol. The molecule has 0 aliphatic rings. The normalized spacial score (nSPS) is 11.2. The standard InChI is InChI=1S/C20H22Cl2N2O/c1-3-23-9-8-14-12-24(13-15-4-5-16(21)10-19(15)22)20-7-6-17(25-2)11-18(14)20/h4-7,10-12,23H,3,8-9,13H2,1-2H3. The van der Waals surface area contributed by atoms with Gasteiger partial charge in [0, 0.05) is 33.7 Å². The zero-order valence-electron chi connectivity index (χ0n) is 14.5. The molecule has 3 nitrogen and oxygen atoms in total. The Balaban J connectivity index is 1.99. The fourth-order valence-electron chi connectivity index (χ4n) is 3.04. The molecule has 0 atom stereocenters. The maximum absolute atomic E-state index is 6.36. The Hall–Kier alpha value is -1.68. The van der Waals surface area contributed by atoms with Crippen molar-refractivity contribution in [3.8, 4) is 5.75 Å². The van der Waals surface area contributed by atoms with E-state index in [1.807, 2.05) is 18.2 Å². The lowest BCUT2D eigenvalue weighted by atomic mass is 10.1. The van der Waals surface area contributed by atoms with E-state index in [1.54, 1.807) is 13.2 Å². The van der Waals surface area contributed by atoms with E-state index < -0.39 is 0 Å². The van der Waals surface area contributed by atoms with Gasteiger partial charge in [0.2, 0.25) is 0 Å². The summed E-state index contributed by atoms with van der Waals surface area (Å²) in [5, 5.41) is 5.96. The first-order chi connectivity index (χ1) is 12.1. The Kier molecular flexibility index (Phi) is 5.89. The highest BCUT2D eigenvalue weighted by Crippen LogP contribution is 2.29. The summed E-state index contributed by atoms with van der Waals surface area (Å²) in [5.41, 5.74) is 3.54. The van der Waals surface area contributed by atoms with Crippen LogP contribution in [0, 0.1) is 0 Å². The Morgan fingerprint density at radius 2 is 1.92 bits per heavy atom. The van der Waals surface area contributed by atoms with Crippen molar-refractivity contribution in [2.45, 2.75) is 19.9 Å². The van der Waals surface area contributed by atoms with Crippen molar-refractivity contribution < 1.29 is 4.74 Å². The number of methoxy groups -OCH3 is 1. The first-order valence-corrected chi connectivity index (χ1v) is 9.18. The fraction of sp³-hybridized carbons (Fsp3) is 0.300. The first kappa shape index (κ1) is 18.1. The number of hydrogen-bond acceptors (Lipinski definition) is 2. The molecule has 0 aliphatic carbocycles. The van der Waals surface area contributed by atoms with Crippen molar-refractivity contribution in [3.05, 3.63) is 63.8 Å². The number of aromatic nitrogens is 1. The van der Waals surface area contributed by atoms with Crippen LogP contribution in [0.25, 0.3) is 10.9 Å². The van der Waals surface area contributed by atoms with E-state index in [-0.39, 0.29) is 0 Å². The van der Waals surface area contributed by atoms with E-state index in [1.165, 1.54) is 16.5 Å². The third-order valence-electron chi connectivity index (χ3n) is 4.35. The van der Waals surface area contributed by atoms with Crippen molar-refractivity contribution in [3.63, 3.8) is 0 Å². The molecule has 0 fully saturated rings. The molecule has 0 saturated heterocycles. The summed E-state index contributed by atoms with van der Waals surface area (Å²) >= 11 is 12.4. The number of benzene rings is 2. The second-order valence-electron chi connectivity index (χ2n) is 6.00. The van der Waals surface area contributed by atoms with Crippen LogP contribution in [-0.4, -0.2) is 24.8 Å². The van der Waals surface area contributed by atoms with Gasteiger partial charge >= 0.3 is 0 Å². The van der Waals surface area contributed by atoms with Crippen LogP contribution < -0.4 is 10.1 Å². The van der Waals surface area contributed by atoms with Crippen molar-refractivity contribution >= 4 is 34.1 Å². The molecule has 0 amide bonds. The van der Waals surface area contributed by atoms with Crippen molar-refractivity contribution in [1.29, 1.82) is 0 Å². The minimum absolute atomic E-state index is 0.655. The van der Waals surface area contributed by atoms with E-state index in [9.17, 15) is 0 Å². The minimum Gasteiger partial charge on any atom is -0.497 e. The van der Waals surface area contributed by atoms with Gasteiger partial charge in [-0.1, -0.05) is 36.2 Å². The second kappa shape index (κ2) is 8.13. The average Bonchev–Trinajstić information content (AvgIpc) is 2.94. The molecule has 0 spiro atoms. The van der Waals surface area contributed by atoms with Crippen LogP contribution in [0.15, 0.2) is 42.6 Å². The van der Waals surface area contributed by atoms with E-state index in [0.717, 1.165) is 30.8 Å².